The molecule has 1 fully saturated rings. The molecule has 0 bridgehead atoms. The van der Waals surface area contributed by atoms with Gasteiger partial charge in [-0.25, -0.2) is 0 Å². The molecule has 2 N–H and O–H groups in total. The maximum absolute atomic E-state index is 13.7. The van der Waals surface area contributed by atoms with Crippen LogP contribution >= 0.6 is 11.6 Å². The highest BCUT2D eigenvalue weighted by Crippen LogP contribution is 2.67. The first-order valence-electron chi connectivity index (χ1n) is 12.9. The Morgan fingerprint density at radius 3 is 2.50 bits per heavy atom. The molecular weight excluding hydrogens is 496 g/mol. The van der Waals surface area contributed by atoms with Gasteiger partial charge in [0.2, 0.25) is 5.91 Å². The molecule has 1 aliphatic carbocycles. The van der Waals surface area contributed by atoms with Gasteiger partial charge in [-0.3, -0.25) is 9.78 Å². The van der Waals surface area contributed by atoms with E-state index < -0.39 is 5.41 Å². The summed E-state index contributed by atoms with van der Waals surface area (Å²) in [4.78, 5) is 19.7. The maximum atomic E-state index is 13.7. The van der Waals surface area contributed by atoms with Gasteiger partial charge in [-0.15, -0.1) is 0 Å². The Hall–Kier alpha value is -3.67. The van der Waals surface area contributed by atoms with Gasteiger partial charge in [-0.05, 0) is 64.4 Å². The van der Waals surface area contributed by atoms with Crippen LogP contribution in [0.4, 0.5) is 5.69 Å². The fourth-order valence-electron chi connectivity index (χ4n) is 6.11. The van der Waals surface area contributed by atoms with Crippen LogP contribution in [0.15, 0.2) is 72.9 Å². The average Bonchev–Trinajstić information content (AvgIpc) is 3.65. The van der Waals surface area contributed by atoms with Crippen molar-refractivity contribution < 1.29 is 15.0 Å². The minimum Gasteiger partial charge on any atom is -0.506 e. The van der Waals surface area contributed by atoms with Crippen molar-refractivity contribution in [2.24, 2.45) is 0 Å². The van der Waals surface area contributed by atoms with Gasteiger partial charge in [0.1, 0.15) is 11.4 Å². The van der Waals surface area contributed by atoms with E-state index in [9.17, 15) is 15.0 Å². The average molecular weight is 525 g/mol. The number of rotatable bonds is 5. The Balaban J connectivity index is 1.39. The molecule has 2 unspecified atom stereocenters. The third-order valence-corrected chi connectivity index (χ3v) is 8.50. The topological polar surface area (TPSA) is 73.7 Å². The quantitative estimate of drug-likeness (QED) is 0.301. The van der Waals surface area contributed by atoms with Crippen LogP contribution in [0.2, 0.25) is 5.02 Å². The number of aliphatic hydroxyl groups excluding tert-OH is 1. The Kier molecular flexibility index (Phi) is 5.82. The summed E-state index contributed by atoms with van der Waals surface area (Å²) in [6.45, 7) is 4.22. The number of pyridine rings is 1. The molecule has 2 aliphatic rings. The molecule has 38 heavy (non-hydrogen) atoms. The molecule has 2 heterocycles. The third kappa shape index (κ3) is 3.64. The number of carbonyl (C=O) groups excluding carboxylic acids is 1. The number of fused-ring (bicyclic) bond motifs is 2. The highest BCUT2D eigenvalue weighted by Gasteiger charge is 2.66. The van der Waals surface area contributed by atoms with Crippen LogP contribution < -0.4 is 4.90 Å². The van der Waals surface area contributed by atoms with E-state index in [-0.39, 0.29) is 24.2 Å². The van der Waals surface area contributed by atoms with E-state index in [1.807, 2.05) is 37.4 Å². The highest BCUT2D eigenvalue weighted by atomic mass is 35.5. The molecule has 0 radical (unpaired) electrons. The largest absolute Gasteiger partial charge is 0.506 e. The number of likely N-dealkylation sites (N-methyl/N-ethyl adjacent to an activating group) is 1. The fourth-order valence-corrected chi connectivity index (χ4v) is 6.38. The normalized spacial score (nSPS) is 19.9. The summed E-state index contributed by atoms with van der Waals surface area (Å²) in [5.74, 6) is 0.584. The number of halogens is 1. The number of hydrogen-bond acceptors (Lipinski definition) is 4. The van der Waals surface area contributed by atoms with Gasteiger partial charge in [-0.1, -0.05) is 67.9 Å². The molecule has 192 valence electrons. The van der Waals surface area contributed by atoms with Gasteiger partial charge in [-0.2, -0.15) is 0 Å². The summed E-state index contributed by atoms with van der Waals surface area (Å²) in [7, 11) is 1.82. The van der Waals surface area contributed by atoms with E-state index in [0.29, 0.717) is 16.6 Å². The van der Waals surface area contributed by atoms with E-state index in [4.69, 9.17) is 11.6 Å². The number of aromatic nitrogens is 1. The van der Waals surface area contributed by atoms with Crippen LogP contribution in [0.25, 0.3) is 22.4 Å². The molecular formula is C32H29ClN2O3. The molecule has 4 aromatic rings. The van der Waals surface area contributed by atoms with Crippen LogP contribution in [0.1, 0.15) is 54.4 Å². The second kappa shape index (κ2) is 8.97. The Morgan fingerprint density at radius 1 is 1.08 bits per heavy atom. The second-order valence-corrected chi connectivity index (χ2v) is 11.1. The van der Waals surface area contributed by atoms with Crippen LogP contribution in [-0.2, 0) is 16.8 Å². The van der Waals surface area contributed by atoms with Gasteiger partial charge in [0.15, 0.2) is 0 Å². The van der Waals surface area contributed by atoms with Crippen molar-refractivity contribution in [3.05, 3.63) is 100 Å². The smallest absolute Gasteiger partial charge is 0.238 e. The van der Waals surface area contributed by atoms with Crippen molar-refractivity contribution in [2.75, 3.05) is 11.9 Å². The molecule has 1 spiro atoms. The zero-order chi connectivity index (χ0) is 26.8. The summed E-state index contributed by atoms with van der Waals surface area (Å²) in [5.41, 5.74) is 7.50. The lowest BCUT2D eigenvalue weighted by Crippen LogP contribution is -2.29. The van der Waals surface area contributed by atoms with Crippen LogP contribution in [0, 0.1) is 0 Å². The molecule has 1 aliphatic heterocycles. The van der Waals surface area contributed by atoms with E-state index in [1.54, 1.807) is 23.2 Å². The molecule has 6 heteroatoms. The molecule has 1 amide bonds. The number of hydrogen-bond donors (Lipinski definition) is 2. The number of carbonyl (C=O) groups is 1. The van der Waals surface area contributed by atoms with Crippen molar-refractivity contribution in [1.29, 1.82) is 0 Å². The van der Waals surface area contributed by atoms with Crippen LogP contribution in [0.5, 0.6) is 5.75 Å². The van der Waals surface area contributed by atoms with E-state index in [2.05, 4.69) is 43.1 Å². The maximum Gasteiger partial charge on any atom is 0.238 e. The number of amides is 1. The molecule has 1 aromatic heterocycles. The van der Waals surface area contributed by atoms with E-state index >= 15 is 0 Å². The number of aromatic hydroxyl groups is 1. The van der Waals surface area contributed by atoms with Crippen molar-refractivity contribution in [3.63, 3.8) is 0 Å². The zero-order valence-electron chi connectivity index (χ0n) is 21.6. The van der Waals surface area contributed by atoms with Gasteiger partial charge in [0.05, 0.1) is 17.0 Å². The summed E-state index contributed by atoms with van der Waals surface area (Å²) in [5, 5.41) is 20.7. The zero-order valence-corrected chi connectivity index (χ0v) is 22.3. The molecule has 2 atom stereocenters. The van der Waals surface area contributed by atoms with Crippen molar-refractivity contribution in [1.82, 2.24) is 4.98 Å². The minimum absolute atomic E-state index is 0.0163. The first-order valence-corrected chi connectivity index (χ1v) is 13.2. The second-order valence-electron chi connectivity index (χ2n) is 10.7. The summed E-state index contributed by atoms with van der Waals surface area (Å²) < 4.78 is 0. The lowest BCUT2D eigenvalue weighted by molar-refractivity contribution is -0.120. The first-order chi connectivity index (χ1) is 18.3. The Morgan fingerprint density at radius 2 is 1.82 bits per heavy atom. The molecule has 3 aromatic carbocycles. The number of anilines is 1. The summed E-state index contributed by atoms with van der Waals surface area (Å²) in [6, 6.07) is 21.3. The van der Waals surface area contributed by atoms with Gasteiger partial charge in [0.25, 0.3) is 0 Å². The molecule has 5 nitrogen and oxygen atoms in total. The van der Waals surface area contributed by atoms with E-state index in [0.717, 1.165) is 51.1 Å². The van der Waals surface area contributed by atoms with Crippen molar-refractivity contribution in [3.8, 4) is 28.1 Å². The number of aliphatic hydroxyl groups is 1. The van der Waals surface area contributed by atoms with E-state index in [1.165, 1.54) is 0 Å². The Labute approximate surface area is 227 Å². The summed E-state index contributed by atoms with van der Waals surface area (Å²) in [6.07, 6.45) is 2.38. The van der Waals surface area contributed by atoms with Gasteiger partial charge in [0, 0.05) is 36.0 Å². The fraction of sp³-hybridized carbons (Fsp3) is 0.250. The molecule has 1 saturated carbocycles. The minimum atomic E-state index is -0.616. The monoisotopic (exact) mass is 524 g/mol. The SMILES string of the molecule is CC(C)c1ccc(C2CC23C(=O)N(C)c2cc(Cl)c(-c4ccc(-c5ncccc5O)cc4)cc23)cc1CO. The Bertz CT molecular complexity index is 1580. The number of benzene rings is 3. The molecule has 6 rings (SSSR count). The van der Waals surface area contributed by atoms with Crippen molar-refractivity contribution in [2.45, 2.75) is 44.1 Å². The third-order valence-electron chi connectivity index (χ3n) is 8.19. The highest BCUT2D eigenvalue weighted by molar-refractivity contribution is 6.34. The van der Waals surface area contributed by atoms with Gasteiger partial charge >= 0.3 is 0 Å². The van der Waals surface area contributed by atoms with Crippen LogP contribution in [-0.4, -0.2) is 28.2 Å². The lowest BCUT2D eigenvalue weighted by Gasteiger charge is -2.15. The summed E-state index contributed by atoms with van der Waals surface area (Å²) >= 11 is 6.77. The lowest BCUT2D eigenvalue weighted by atomic mass is 9.88. The van der Waals surface area contributed by atoms with Gasteiger partial charge < -0.3 is 15.1 Å². The van der Waals surface area contributed by atoms with Crippen LogP contribution in [0.3, 0.4) is 0 Å². The van der Waals surface area contributed by atoms with Crippen molar-refractivity contribution >= 4 is 23.2 Å². The number of nitrogens with zero attached hydrogens (tertiary/aromatic N) is 2. The predicted molar refractivity (Wildman–Crippen MR) is 151 cm³/mol. The molecule has 0 saturated heterocycles. The first kappa shape index (κ1) is 24.7. The predicted octanol–water partition coefficient (Wildman–Crippen LogP) is 6.79. The standard InChI is InChI=1S/C32H29ClN2O3/c1-18(2)23-11-10-21(13-22(23)17-36)26-16-32(26)25-14-24(27(33)15-28(25)35(3)31(32)38)19-6-8-20(9-7-19)30-29(37)5-4-12-34-30/h4-15,18,26,36-37H,16-17H2,1-3H3.